The lowest BCUT2D eigenvalue weighted by molar-refractivity contribution is -0.114. The number of benzene rings is 1. The van der Waals surface area contributed by atoms with Crippen molar-refractivity contribution in [3.8, 4) is 0 Å². The fraction of sp³-hybridized carbons (Fsp3) is 0.333. The van der Waals surface area contributed by atoms with Crippen molar-refractivity contribution in [2.24, 2.45) is 0 Å². The first-order valence-electron chi connectivity index (χ1n) is 9.51. The fourth-order valence-corrected chi connectivity index (χ4v) is 3.23. The molecule has 0 aliphatic carbocycles. The Hall–Kier alpha value is -3.13. The maximum atomic E-state index is 13.0. The summed E-state index contributed by atoms with van der Waals surface area (Å²) in [5.41, 5.74) is 0.884. The van der Waals surface area contributed by atoms with Gasteiger partial charge in [0.1, 0.15) is 23.7 Å². The van der Waals surface area contributed by atoms with Crippen LogP contribution in [0.15, 0.2) is 47.1 Å². The average Bonchev–Trinajstić information content (AvgIpc) is 3.40. The van der Waals surface area contributed by atoms with Crippen molar-refractivity contribution in [2.75, 3.05) is 6.61 Å². The average molecular weight is 397 g/mol. The Morgan fingerprint density at radius 1 is 1.10 bits per heavy atom. The Labute approximate surface area is 166 Å². The van der Waals surface area contributed by atoms with Gasteiger partial charge in [-0.05, 0) is 49.1 Å². The Kier molecular flexibility index (Phi) is 5.62. The van der Waals surface area contributed by atoms with Gasteiger partial charge in [-0.3, -0.25) is 9.59 Å². The number of ketones is 2. The summed E-state index contributed by atoms with van der Waals surface area (Å²) in [7, 11) is 0. The summed E-state index contributed by atoms with van der Waals surface area (Å²) in [6, 6.07) is 9.50. The van der Waals surface area contributed by atoms with Crippen molar-refractivity contribution in [3.63, 3.8) is 0 Å². The van der Waals surface area contributed by atoms with Gasteiger partial charge in [-0.25, -0.2) is 14.1 Å². The second-order valence-electron chi connectivity index (χ2n) is 6.97. The number of hydrogen-bond acceptors (Lipinski definition) is 6. The maximum Gasteiger partial charge on any atom is 0.268 e. The van der Waals surface area contributed by atoms with Gasteiger partial charge in [0.05, 0.1) is 6.42 Å². The molecule has 1 aromatic carbocycles. The van der Waals surface area contributed by atoms with Crippen molar-refractivity contribution in [1.82, 2.24) is 14.8 Å². The maximum absolute atomic E-state index is 13.0. The van der Waals surface area contributed by atoms with Crippen LogP contribution in [0.5, 0.6) is 0 Å². The minimum Gasteiger partial charge on any atom is -0.465 e. The Morgan fingerprint density at radius 2 is 1.90 bits per heavy atom. The molecule has 29 heavy (non-hydrogen) atoms. The van der Waals surface area contributed by atoms with Crippen LogP contribution in [0.3, 0.4) is 0 Å². The van der Waals surface area contributed by atoms with Gasteiger partial charge in [0.15, 0.2) is 6.23 Å². The summed E-state index contributed by atoms with van der Waals surface area (Å²) < 4.78 is 25.7. The second-order valence-corrected chi connectivity index (χ2v) is 6.97. The predicted molar refractivity (Wildman–Crippen MR) is 99.8 cm³/mol. The largest absolute Gasteiger partial charge is 0.465 e. The number of carbonyl (C=O) groups is 2. The van der Waals surface area contributed by atoms with Crippen LogP contribution < -0.4 is 0 Å². The van der Waals surface area contributed by atoms with Gasteiger partial charge >= 0.3 is 0 Å². The van der Waals surface area contributed by atoms with E-state index in [-0.39, 0.29) is 24.3 Å². The van der Waals surface area contributed by atoms with Gasteiger partial charge in [0, 0.05) is 13.0 Å². The molecule has 7 nitrogen and oxygen atoms in total. The van der Waals surface area contributed by atoms with Gasteiger partial charge in [-0.1, -0.05) is 12.1 Å². The molecule has 1 fully saturated rings. The van der Waals surface area contributed by atoms with Crippen molar-refractivity contribution in [2.45, 2.75) is 38.3 Å². The Morgan fingerprint density at radius 3 is 2.66 bits per heavy atom. The van der Waals surface area contributed by atoms with E-state index in [9.17, 15) is 14.0 Å². The number of aromatic nitrogens is 3. The summed E-state index contributed by atoms with van der Waals surface area (Å²) >= 11 is 0. The van der Waals surface area contributed by atoms with Crippen LogP contribution in [0.1, 0.15) is 53.2 Å². The van der Waals surface area contributed by atoms with Crippen LogP contribution in [0.4, 0.5) is 4.39 Å². The molecule has 1 atom stereocenters. The number of nitrogens with zero attached hydrogens (tertiary/aromatic N) is 3. The summed E-state index contributed by atoms with van der Waals surface area (Å²) in [5.74, 6) is -0.823. The monoisotopic (exact) mass is 397 g/mol. The van der Waals surface area contributed by atoms with Gasteiger partial charge in [0.2, 0.25) is 11.6 Å². The predicted octanol–water partition coefficient (Wildman–Crippen LogP) is 3.29. The standard InChI is InChI=1S/C21H20FN3O4/c22-15-6-4-14(5-7-15)11-16-8-9-17(29-16)12-18(26)20(27)21-23-13-25(24-21)19-3-1-2-10-28-19/h4-9,13,19H,1-3,10-12H2. The number of Topliss-reactive ketones (excluding diaryl/α,β-unsaturated/α-hetero) is 2. The van der Waals surface area contributed by atoms with E-state index < -0.39 is 11.6 Å². The molecular weight excluding hydrogens is 377 g/mol. The first-order valence-corrected chi connectivity index (χ1v) is 9.51. The third-order valence-corrected chi connectivity index (χ3v) is 4.76. The highest BCUT2D eigenvalue weighted by molar-refractivity contribution is 6.42. The zero-order valence-corrected chi connectivity index (χ0v) is 15.7. The van der Waals surface area contributed by atoms with Crippen LogP contribution in [0.2, 0.25) is 0 Å². The first-order chi connectivity index (χ1) is 14.1. The van der Waals surface area contributed by atoms with Crippen molar-refractivity contribution >= 4 is 11.6 Å². The van der Waals surface area contributed by atoms with Crippen LogP contribution in [0.25, 0.3) is 0 Å². The summed E-state index contributed by atoms with van der Waals surface area (Å²) in [6.07, 6.45) is 4.30. The molecule has 150 valence electrons. The molecule has 0 saturated carbocycles. The molecule has 0 N–H and O–H groups in total. The van der Waals surface area contributed by atoms with E-state index >= 15 is 0 Å². The lowest BCUT2D eigenvalue weighted by atomic mass is 10.1. The van der Waals surface area contributed by atoms with Crippen molar-refractivity contribution in [1.29, 1.82) is 0 Å². The number of ether oxygens (including phenoxy) is 1. The topological polar surface area (TPSA) is 87.2 Å². The van der Waals surface area contributed by atoms with E-state index in [2.05, 4.69) is 10.1 Å². The van der Waals surface area contributed by atoms with E-state index in [0.717, 1.165) is 24.8 Å². The lowest BCUT2D eigenvalue weighted by Gasteiger charge is -2.21. The van der Waals surface area contributed by atoms with E-state index in [4.69, 9.17) is 9.15 Å². The quantitative estimate of drug-likeness (QED) is 0.449. The normalized spacial score (nSPS) is 16.7. The molecule has 0 amide bonds. The Bertz CT molecular complexity index is 1000. The third kappa shape index (κ3) is 4.65. The molecule has 0 bridgehead atoms. The van der Waals surface area contributed by atoms with Gasteiger partial charge < -0.3 is 9.15 Å². The number of rotatable bonds is 7. The molecule has 0 spiro atoms. The number of carbonyl (C=O) groups excluding carboxylic acids is 2. The van der Waals surface area contributed by atoms with Crippen LogP contribution in [-0.4, -0.2) is 32.9 Å². The molecule has 0 radical (unpaired) electrons. The van der Waals surface area contributed by atoms with E-state index in [1.165, 1.54) is 23.1 Å². The molecule has 4 rings (SSSR count). The SMILES string of the molecule is O=C(Cc1ccc(Cc2ccc(F)cc2)o1)C(=O)c1ncn(C2CCCCO2)n1. The fourth-order valence-electron chi connectivity index (χ4n) is 3.23. The minimum absolute atomic E-state index is 0.137. The number of halogens is 1. The zero-order chi connectivity index (χ0) is 20.2. The summed E-state index contributed by atoms with van der Waals surface area (Å²) in [4.78, 5) is 28.7. The molecule has 3 heterocycles. The first kappa shape index (κ1) is 19.2. The van der Waals surface area contributed by atoms with E-state index in [1.807, 2.05) is 0 Å². The van der Waals surface area contributed by atoms with Gasteiger partial charge in [-0.15, -0.1) is 5.10 Å². The van der Waals surface area contributed by atoms with Crippen molar-refractivity contribution < 1.29 is 23.1 Å². The molecule has 1 aliphatic heterocycles. The highest BCUT2D eigenvalue weighted by Crippen LogP contribution is 2.21. The summed E-state index contributed by atoms with van der Waals surface area (Å²) in [6.45, 7) is 0.644. The van der Waals surface area contributed by atoms with Gasteiger partial charge in [-0.2, -0.15) is 0 Å². The second kappa shape index (κ2) is 8.48. The summed E-state index contributed by atoms with van der Waals surface area (Å²) in [5, 5.41) is 4.11. The van der Waals surface area contributed by atoms with Crippen LogP contribution >= 0.6 is 0 Å². The number of furan rings is 1. The van der Waals surface area contributed by atoms with E-state index in [0.29, 0.717) is 24.5 Å². The molecule has 1 unspecified atom stereocenters. The molecule has 2 aromatic heterocycles. The molecule has 3 aromatic rings. The lowest BCUT2D eigenvalue weighted by Crippen LogP contribution is -2.21. The number of hydrogen-bond donors (Lipinski definition) is 0. The van der Waals surface area contributed by atoms with Crippen LogP contribution in [-0.2, 0) is 22.4 Å². The molecular formula is C21H20FN3O4. The smallest absolute Gasteiger partial charge is 0.268 e. The molecule has 1 saturated heterocycles. The zero-order valence-electron chi connectivity index (χ0n) is 15.7. The van der Waals surface area contributed by atoms with Crippen LogP contribution in [0, 0.1) is 5.82 Å². The third-order valence-electron chi connectivity index (χ3n) is 4.76. The molecule has 8 heteroatoms. The molecule has 1 aliphatic rings. The van der Waals surface area contributed by atoms with Crippen molar-refractivity contribution in [3.05, 3.63) is 71.5 Å². The van der Waals surface area contributed by atoms with Gasteiger partial charge in [0.25, 0.3) is 5.78 Å². The van der Waals surface area contributed by atoms with E-state index in [1.54, 1.807) is 24.3 Å². The highest BCUT2D eigenvalue weighted by Gasteiger charge is 2.24. The Balaban J connectivity index is 1.36. The highest BCUT2D eigenvalue weighted by atomic mass is 19.1. The minimum atomic E-state index is -0.754.